The second-order valence-electron chi connectivity index (χ2n) is 5.29. The van der Waals surface area contributed by atoms with Crippen molar-refractivity contribution in [3.63, 3.8) is 0 Å². The lowest BCUT2D eigenvalue weighted by Crippen LogP contribution is -2.31. The highest BCUT2D eigenvalue weighted by Crippen LogP contribution is 2.26. The number of alkyl halides is 3. The first-order valence-corrected chi connectivity index (χ1v) is 8.12. The largest absolute Gasteiger partial charge is 0.573 e. The van der Waals surface area contributed by atoms with E-state index >= 15 is 0 Å². The first-order valence-electron chi connectivity index (χ1n) is 7.24. The molecule has 1 aromatic heterocycles. The monoisotopic (exact) mass is 374 g/mol. The molecule has 0 atom stereocenters. The number of nitrogens with one attached hydrogen (secondary N) is 2. The molecule has 1 amide bonds. The highest BCUT2D eigenvalue weighted by Gasteiger charge is 2.30. The molecule has 2 N–H and O–H groups in total. The number of likely N-dealkylation sites (N-methyl/N-ethyl adjacent to an activating group) is 1. The number of carbonyl (C=O) groups excluding carboxylic acids is 1. The Bertz CT molecular complexity index is 702. The third-order valence-electron chi connectivity index (χ3n) is 2.92. The molecule has 2 rings (SSSR count). The molecular weight excluding hydrogens is 357 g/mol. The zero-order valence-corrected chi connectivity index (χ0v) is 14.4. The van der Waals surface area contributed by atoms with Crippen molar-refractivity contribution in [1.29, 1.82) is 0 Å². The van der Waals surface area contributed by atoms with Crippen LogP contribution in [0, 0.1) is 0 Å². The van der Waals surface area contributed by atoms with Crippen LogP contribution in [-0.4, -0.2) is 49.3 Å². The molecule has 6 nitrogen and oxygen atoms in total. The number of aromatic nitrogens is 1. The average Bonchev–Trinajstić information content (AvgIpc) is 2.96. The Morgan fingerprint density at radius 1 is 1.28 bits per heavy atom. The van der Waals surface area contributed by atoms with Crippen LogP contribution in [0.5, 0.6) is 5.75 Å². The molecule has 0 aliphatic rings. The molecule has 0 saturated heterocycles. The molecule has 10 heteroatoms. The van der Waals surface area contributed by atoms with E-state index < -0.39 is 6.36 Å². The second-order valence-corrected chi connectivity index (χ2v) is 6.15. The lowest BCUT2D eigenvalue weighted by Gasteiger charge is -2.09. The van der Waals surface area contributed by atoms with Gasteiger partial charge < -0.3 is 20.3 Å². The fourth-order valence-corrected chi connectivity index (χ4v) is 2.49. The Hall–Kier alpha value is -2.33. The van der Waals surface area contributed by atoms with E-state index in [9.17, 15) is 18.0 Å². The van der Waals surface area contributed by atoms with Crippen LogP contribution in [0.4, 0.5) is 24.0 Å². The van der Waals surface area contributed by atoms with Crippen molar-refractivity contribution in [2.45, 2.75) is 6.36 Å². The van der Waals surface area contributed by atoms with Gasteiger partial charge in [0.05, 0.1) is 0 Å². The number of carbonyl (C=O) groups is 1. The van der Waals surface area contributed by atoms with Crippen LogP contribution in [0.2, 0.25) is 0 Å². The minimum absolute atomic E-state index is 0.278. The predicted molar refractivity (Wildman–Crippen MR) is 89.4 cm³/mol. The molecular formula is C15H17F3N4O2S. The quantitative estimate of drug-likeness (QED) is 0.780. The van der Waals surface area contributed by atoms with Crippen LogP contribution in [0.1, 0.15) is 10.5 Å². The zero-order valence-electron chi connectivity index (χ0n) is 13.6. The van der Waals surface area contributed by atoms with E-state index in [2.05, 4.69) is 20.4 Å². The molecule has 0 saturated carbocycles. The molecule has 1 heterocycles. The Labute approximate surface area is 146 Å². The summed E-state index contributed by atoms with van der Waals surface area (Å²) in [6, 6.07) is 5.25. The molecule has 0 bridgehead atoms. The normalized spacial score (nSPS) is 11.4. The summed E-state index contributed by atoms with van der Waals surface area (Å²) in [6.45, 7) is 1.22. The number of anilines is 2. The molecule has 25 heavy (non-hydrogen) atoms. The number of benzene rings is 1. The summed E-state index contributed by atoms with van der Waals surface area (Å²) >= 11 is 1.22. The highest BCUT2D eigenvalue weighted by atomic mass is 32.1. The van der Waals surface area contributed by atoms with Crippen LogP contribution < -0.4 is 15.4 Å². The number of amides is 1. The van der Waals surface area contributed by atoms with E-state index in [1.165, 1.54) is 35.6 Å². The van der Waals surface area contributed by atoms with E-state index in [1.807, 2.05) is 19.0 Å². The van der Waals surface area contributed by atoms with Crippen molar-refractivity contribution in [1.82, 2.24) is 15.2 Å². The van der Waals surface area contributed by atoms with Crippen molar-refractivity contribution in [2.24, 2.45) is 0 Å². The van der Waals surface area contributed by atoms with Crippen molar-refractivity contribution in [3.8, 4) is 5.75 Å². The van der Waals surface area contributed by atoms with Gasteiger partial charge in [-0.3, -0.25) is 4.79 Å². The maximum absolute atomic E-state index is 12.1. The van der Waals surface area contributed by atoms with E-state index in [4.69, 9.17) is 0 Å². The topological polar surface area (TPSA) is 66.5 Å². The molecule has 0 radical (unpaired) electrons. The van der Waals surface area contributed by atoms with E-state index in [0.29, 0.717) is 23.9 Å². The maximum atomic E-state index is 12.1. The summed E-state index contributed by atoms with van der Waals surface area (Å²) in [6.07, 6.45) is -4.72. The average molecular weight is 374 g/mol. The molecule has 0 aliphatic carbocycles. The second kappa shape index (κ2) is 8.17. The molecule has 0 unspecified atom stereocenters. The Kier molecular flexibility index (Phi) is 6.21. The minimum Gasteiger partial charge on any atom is -0.406 e. The first kappa shape index (κ1) is 19.0. The van der Waals surface area contributed by atoms with Crippen LogP contribution in [-0.2, 0) is 0 Å². The Morgan fingerprint density at radius 3 is 2.56 bits per heavy atom. The van der Waals surface area contributed by atoms with E-state index in [-0.39, 0.29) is 17.4 Å². The summed E-state index contributed by atoms with van der Waals surface area (Å²) in [5.41, 5.74) is 0.812. The summed E-state index contributed by atoms with van der Waals surface area (Å²) in [5.74, 6) is -0.585. The summed E-state index contributed by atoms with van der Waals surface area (Å²) in [7, 11) is 3.81. The number of ether oxygens (including phenoxy) is 1. The standard InChI is InChI=1S/C15H17F3N4O2S/c1-22(2)8-7-19-13(23)12-9-25-14(21-12)20-10-3-5-11(6-4-10)24-15(16,17)18/h3-6,9H,7-8H2,1-2H3,(H,19,23)(H,20,21). The van der Waals surface area contributed by atoms with Gasteiger partial charge in [-0.2, -0.15) is 0 Å². The van der Waals surface area contributed by atoms with Gasteiger partial charge in [0.15, 0.2) is 5.13 Å². The predicted octanol–water partition coefficient (Wildman–Crippen LogP) is 3.08. The van der Waals surface area contributed by atoms with Crippen LogP contribution in [0.3, 0.4) is 0 Å². The van der Waals surface area contributed by atoms with Gasteiger partial charge in [0.2, 0.25) is 0 Å². The van der Waals surface area contributed by atoms with Gasteiger partial charge in [-0.15, -0.1) is 24.5 Å². The van der Waals surface area contributed by atoms with Crippen molar-refractivity contribution < 1.29 is 22.7 Å². The highest BCUT2D eigenvalue weighted by molar-refractivity contribution is 7.14. The molecule has 136 valence electrons. The van der Waals surface area contributed by atoms with Gasteiger partial charge in [0.25, 0.3) is 5.91 Å². The third kappa shape index (κ3) is 6.59. The van der Waals surface area contributed by atoms with Gasteiger partial charge in [0, 0.05) is 24.2 Å². The summed E-state index contributed by atoms with van der Waals surface area (Å²) < 4.78 is 40.1. The van der Waals surface area contributed by atoms with E-state index in [1.54, 1.807) is 5.38 Å². The lowest BCUT2D eigenvalue weighted by atomic mass is 10.3. The summed E-state index contributed by atoms with van der Waals surface area (Å²) in [4.78, 5) is 18.0. The number of thiazole rings is 1. The van der Waals surface area contributed by atoms with Gasteiger partial charge >= 0.3 is 6.36 Å². The maximum Gasteiger partial charge on any atom is 0.573 e. The fourth-order valence-electron chi connectivity index (χ4n) is 1.78. The number of hydrogen-bond donors (Lipinski definition) is 2. The molecule has 2 aromatic rings. The molecule has 1 aromatic carbocycles. The van der Waals surface area contributed by atoms with Crippen LogP contribution in [0.15, 0.2) is 29.6 Å². The van der Waals surface area contributed by atoms with Crippen LogP contribution in [0.25, 0.3) is 0 Å². The number of halogens is 3. The third-order valence-corrected chi connectivity index (χ3v) is 3.68. The molecule has 0 fully saturated rings. The van der Waals surface area contributed by atoms with Gasteiger partial charge in [-0.05, 0) is 38.4 Å². The van der Waals surface area contributed by atoms with Crippen molar-refractivity contribution >= 4 is 28.1 Å². The van der Waals surface area contributed by atoms with Crippen molar-refractivity contribution in [3.05, 3.63) is 35.3 Å². The SMILES string of the molecule is CN(C)CCNC(=O)c1csc(Nc2ccc(OC(F)(F)F)cc2)n1. The fraction of sp³-hybridized carbons (Fsp3) is 0.333. The Balaban J connectivity index is 1.91. The number of rotatable bonds is 7. The molecule has 0 aliphatic heterocycles. The van der Waals surface area contributed by atoms with Crippen molar-refractivity contribution in [2.75, 3.05) is 32.5 Å². The zero-order chi connectivity index (χ0) is 18.4. The van der Waals surface area contributed by atoms with Crippen LogP contribution >= 0.6 is 11.3 Å². The lowest BCUT2D eigenvalue weighted by molar-refractivity contribution is -0.274. The number of hydrogen-bond acceptors (Lipinski definition) is 6. The molecule has 0 spiro atoms. The van der Waals surface area contributed by atoms with Gasteiger partial charge in [0.1, 0.15) is 11.4 Å². The minimum atomic E-state index is -4.72. The van der Waals surface area contributed by atoms with E-state index in [0.717, 1.165) is 0 Å². The van der Waals surface area contributed by atoms with Gasteiger partial charge in [-0.25, -0.2) is 4.98 Å². The Morgan fingerprint density at radius 2 is 1.96 bits per heavy atom. The first-order chi connectivity index (χ1) is 11.7. The van der Waals surface area contributed by atoms with Gasteiger partial charge in [-0.1, -0.05) is 0 Å². The smallest absolute Gasteiger partial charge is 0.406 e. The summed E-state index contributed by atoms with van der Waals surface area (Å²) in [5, 5.41) is 7.74. The number of nitrogens with zero attached hydrogens (tertiary/aromatic N) is 2.